The first kappa shape index (κ1) is 16.0. The van der Waals surface area contributed by atoms with Gasteiger partial charge in [-0.2, -0.15) is 5.26 Å². The maximum absolute atomic E-state index is 9.97. The normalized spacial score (nSPS) is 17.3. The van der Waals surface area contributed by atoms with Crippen LogP contribution in [0.2, 0.25) is 0 Å². The van der Waals surface area contributed by atoms with E-state index in [9.17, 15) is 10.4 Å². The van der Waals surface area contributed by atoms with Crippen LogP contribution < -0.4 is 24.7 Å². The predicted octanol–water partition coefficient (Wildman–Crippen LogP) is 2.74. The van der Waals surface area contributed by atoms with Gasteiger partial charge in [0.15, 0.2) is 23.0 Å². The van der Waals surface area contributed by atoms with Crippen LogP contribution in [-0.2, 0) is 0 Å². The molecule has 2 aromatic rings. The van der Waals surface area contributed by atoms with Crippen LogP contribution in [0.25, 0.3) is 0 Å². The molecular weight excluding hydrogens is 336 g/mol. The number of phenols is 1. The minimum Gasteiger partial charge on any atom is -0.504 e. The topological polar surface area (TPSA) is 107 Å². The van der Waals surface area contributed by atoms with Crippen LogP contribution >= 0.6 is 0 Å². The fourth-order valence-corrected chi connectivity index (χ4v) is 3.17. The zero-order valence-corrected chi connectivity index (χ0v) is 14.0. The van der Waals surface area contributed by atoms with Gasteiger partial charge in [0.2, 0.25) is 12.7 Å². The van der Waals surface area contributed by atoms with Crippen LogP contribution in [0.3, 0.4) is 0 Å². The number of nitrogens with zero attached hydrogens (tertiary/aromatic N) is 1. The Kier molecular flexibility index (Phi) is 3.73. The second-order valence-corrected chi connectivity index (χ2v) is 5.83. The summed E-state index contributed by atoms with van der Waals surface area (Å²) in [5, 5.41) is 19.6. The zero-order valence-electron chi connectivity index (χ0n) is 14.0. The number of allylic oxidation sites excluding steroid dienone is 1. The lowest BCUT2D eigenvalue weighted by Gasteiger charge is -2.27. The quantitative estimate of drug-likeness (QED) is 0.874. The van der Waals surface area contributed by atoms with E-state index in [1.165, 1.54) is 6.07 Å². The average Bonchev–Trinajstić information content (AvgIpc) is 3.08. The Morgan fingerprint density at radius 2 is 2.00 bits per heavy atom. The average molecular weight is 352 g/mol. The first-order valence-electron chi connectivity index (χ1n) is 8.09. The van der Waals surface area contributed by atoms with E-state index < -0.39 is 5.92 Å². The first-order chi connectivity index (χ1) is 12.6. The monoisotopic (exact) mass is 352 g/mol. The number of nitriles is 1. The van der Waals surface area contributed by atoms with Crippen molar-refractivity contribution in [1.82, 2.24) is 0 Å². The van der Waals surface area contributed by atoms with E-state index in [0.717, 1.165) is 11.1 Å². The second-order valence-electron chi connectivity index (χ2n) is 5.83. The minimum absolute atomic E-state index is 0.0315. The van der Waals surface area contributed by atoms with E-state index in [-0.39, 0.29) is 24.0 Å². The Balaban J connectivity index is 1.89. The summed E-state index contributed by atoms with van der Waals surface area (Å²) in [7, 11) is 0. The molecule has 132 valence electrons. The highest BCUT2D eigenvalue weighted by molar-refractivity contribution is 5.62. The van der Waals surface area contributed by atoms with E-state index in [1.807, 2.05) is 6.92 Å². The molecule has 0 fully saturated rings. The van der Waals surface area contributed by atoms with Gasteiger partial charge in [-0.05, 0) is 30.7 Å². The molecule has 0 amide bonds. The molecule has 0 bridgehead atoms. The number of rotatable bonds is 3. The molecule has 0 aliphatic carbocycles. The second kappa shape index (κ2) is 6.08. The molecule has 3 N–H and O–H groups in total. The molecule has 26 heavy (non-hydrogen) atoms. The lowest BCUT2D eigenvalue weighted by atomic mass is 9.83. The largest absolute Gasteiger partial charge is 0.504 e. The highest BCUT2D eigenvalue weighted by atomic mass is 16.7. The number of hydrogen-bond donors (Lipinski definition) is 2. The standard InChI is InChI=1S/C19H16N2O5/c1-2-23-15-5-10(3-4-13(15)22)18-11-6-16-17(25-9-24-16)7-14(11)26-19(21)12(18)8-20/h3-7,18,22H,2,9,21H2,1H3/t18-/m1/s1. The van der Waals surface area contributed by atoms with Crippen molar-refractivity contribution in [2.24, 2.45) is 5.73 Å². The molecule has 2 aliphatic rings. The third kappa shape index (κ3) is 2.43. The molecule has 0 unspecified atom stereocenters. The van der Waals surface area contributed by atoms with Gasteiger partial charge in [-0.25, -0.2) is 0 Å². The van der Waals surface area contributed by atoms with Crippen molar-refractivity contribution in [1.29, 1.82) is 5.26 Å². The molecule has 4 rings (SSSR count). The summed E-state index contributed by atoms with van der Waals surface area (Å²) < 4.78 is 21.9. The van der Waals surface area contributed by atoms with Gasteiger partial charge >= 0.3 is 0 Å². The van der Waals surface area contributed by atoms with Crippen molar-refractivity contribution >= 4 is 0 Å². The van der Waals surface area contributed by atoms with Crippen LogP contribution in [0, 0.1) is 11.3 Å². The van der Waals surface area contributed by atoms with Crippen molar-refractivity contribution < 1.29 is 24.1 Å². The smallest absolute Gasteiger partial charge is 0.231 e. The summed E-state index contributed by atoms with van der Waals surface area (Å²) in [6.45, 7) is 2.36. The number of phenolic OH excluding ortho intramolecular Hbond substituents is 1. The van der Waals surface area contributed by atoms with Gasteiger partial charge in [0.1, 0.15) is 17.4 Å². The molecule has 2 aliphatic heterocycles. The fraction of sp³-hybridized carbons (Fsp3) is 0.211. The molecule has 0 radical (unpaired) electrons. The van der Waals surface area contributed by atoms with Gasteiger partial charge in [0.25, 0.3) is 0 Å². The Labute approximate surface area is 149 Å². The summed E-state index contributed by atoms with van der Waals surface area (Å²) in [5.41, 5.74) is 7.74. The SMILES string of the molecule is CCOc1cc([C@H]2C(C#N)=C(N)Oc3cc4c(cc32)OCO4)ccc1O. The number of benzene rings is 2. The Morgan fingerprint density at radius 3 is 2.73 bits per heavy atom. The van der Waals surface area contributed by atoms with Gasteiger partial charge < -0.3 is 29.8 Å². The van der Waals surface area contributed by atoms with Gasteiger partial charge in [0, 0.05) is 11.6 Å². The molecule has 2 heterocycles. The number of aromatic hydroxyl groups is 1. The van der Waals surface area contributed by atoms with Crippen molar-refractivity contribution in [3.63, 3.8) is 0 Å². The third-order valence-electron chi connectivity index (χ3n) is 4.33. The van der Waals surface area contributed by atoms with E-state index in [4.69, 9.17) is 24.7 Å². The van der Waals surface area contributed by atoms with Crippen molar-refractivity contribution in [3.05, 3.63) is 52.9 Å². The van der Waals surface area contributed by atoms with Gasteiger partial charge in [-0.15, -0.1) is 0 Å². The molecule has 0 saturated carbocycles. The molecule has 0 spiro atoms. The molecule has 2 aromatic carbocycles. The maximum Gasteiger partial charge on any atom is 0.231 e. The molecule has 0 saturated heterocycles. The van der Waals surface area contributed by atoms with Crippen LogP contribution in [0.15, 0.2) is 41.8 Å². The van der Waals surface area contributed by atoms with Crippen molar-refractivity contribution in [2.75, 3.05) is 13.4 Å². The number of fused-ring (bicyclic) bond motifs is 2. The van der Waals surface area contributed by atoms with Crippen LogP contribution in [0.5, 0.6) is 28.7 Å². The number of hydrogen-bond acceptors (Lipinski definition) is 7. The minimum atomic E-state index is -0.474. The van der Waals surface area contributed by atoms with Crippen LogP contribution in [-0.4, -0.2) is 18.5 Å². The lowest BCUT2D eigenvalue weighted by Crippen LogP contribution is -2.21. The van der Waals surface area contributed by atoms with Crippen molar-refractivity contribution in [3.8, 4) is 34.8 Å². The lowest BCUT2D eigenvalue weighted by molar-refractivity contribution is 0.174. The Morgan fingerprint density at radius 1 is 1.23 bits per heavy atom. The third-order valence-corrected chi connectivity index (χ3v) is 4.33. The summed E-state index contributed by atoms with van der Waals surface area (Å²) in [5.74, 6) is 1.59. The summed E-state index contributed by atoms with van der Waals surface area (Å²) in [6, 6.07) is 10.6. The maximum atomic E-state index is 9.97. The van der Waals surface area contributed by atoms with Crippen molar-refractivity contribution in [2.45, 2.75) is 12.8 Å². The highest BCUT2D eigenvalue weighted by Crippen LogP contribution is 2.48. The Hall–Kier alpha value is -3.53. The van der Waals surface area contributed by atoms with Gasteiger partial charge in [-0.1, -0.05) is 6.07 Å². The molecule has 7 nitrogen and oxygen atoms in total. The fourth-order valence-electron chi connectivity index (χ4n) is 3.17. The van der Waals surface area contributed by atoms with Crippen LogP contribution in [0.4, 0.5) is 0 Å². The molecular formula is C19H16N2O5. The van der Waals surface area contributed by atoms with Gasteiger partial charge in [0.05, 0.1) is 12.5 Å². The van der Waals surface area contributed by atoms with E-state index in [0.29, 0.717) is 29.6 Å². The number of nitrogens with two attached hydrogens (primary N) is 1. The molecule has 0 aromatic heterocycles. The van der Waals surface area contributed by atoms with E-state index in [2.05, 4.69) is 6.07 Å². The highest BCUT2D eigenvalue weighted by Gasteiger charge is 2.33. The van der Waals surface area contributed by atoms with E-state index in [1.54, 1.807) is 24.3 Å². The summed E-state index contributed by atoms with van der Waals surface area (Å²) in [4.78, 5) is 0. The number of ether oxygens (including phenoxy) is 4. The predicted molar refractivity (Wildman–Crippen MR) is 91.1 cm³/mol. The Bertz CT molecular complexity index is 961. The van der Waals surface area contributed by atoms with Gasteiger partial charge in [-0.3, -0.25) is 0 Å². The van der Waals surface area contributed by atoms with E-state index >= 15 is 0 Å². The summed E-state index contributed by atoms with van der Waals surface area (Å²) >= 11 is 0. The molecule has 7 heteroatoms. The first-order valence-corrected chi connectivity index (χ1v) is 8.09. The zero-order chi connectivity index (χ0) is 18.3. The van der Waals surface area contributed by atoms with Crippen LogP contribution in [0.1, 0.15) is 24.0 Å². The molecule has 1 atom stereocenters. The summed E-state index contributed by atoms with van der Waals surface area (Å²) in [6.07, 6.45) is 0.